The van der Waals surface area contributed by atoms with E-state index in [9.17, 15) is 9.18 Å². The molecule has 1 aromatic carbocycles. The SMILES string of the molecule is CNc1cncc(C(=O)Nc2ccc(F)c(Cl)c2)n1. The number of hydrogen-bond donors (Lipinski definition) is 2. The van der Waals surface area contributed by atoms with Gasteiger partial charge in [0.05, 0.1) is 17.4 Å². The molecule has 0 aliphatic rings. The Bertz CT molecular complexity index is 620. The Morgan fingerprint density at radius 2 is 2.16 bits per heavy atom. The zero-order chi connectivity index (χ0) is 13.8. The second kappa shape index (κ2) is 5.62. The Balaban J connectivity index is 2.18. The molecule has 0 saturated carbocycles. The van der Waals surface area contributed by atoms with Gasteiger partial charge in [0.25, 0.3) is 5.91 Å². The molecule has 0 unspecified atom stereocenters. The summed E-state index contributed by atoms with van der Waals surface area (Å²) in [6.07, 6.45) is 2.83. The molecule has 2 rings (SSSR count). The van der Waals surface area contributed by atoms with Gasteiger partial charge >= 0.3 is 0 Å². The minimum Gasteiger partial charge on any atom is -0.372 e. The van der Waals surface area contributed by atoms with E-state index in [4.69, 9.17) is 11.6 Å². The number of carbonyl (C=O) groups excluding carboxylic acids is 1. The van der Waals surface area contributed by atoms with Crippen LogP contribution in [0.3, 0.4) is 0 Å². The fraction of sp³-hybridized carbons (Fsp3) is 0.0833. The van der Waals surface area contributed by atoms with Crippen LogP contribution in [0.15, 0.2) is 30.6 Å². The molecule has 0 radical (unpaired) electrons. The molecule has 98 valence electrons. The summed E-state index contributed by atoms with van der Waals surface area (Å²) < 4.78 is 13.0. The molecule has 7 heteroatoms. The van der Waals surface area contributed by atoms with Crippen molar-refractivity contribution >= 4 is 29.0 Å². The Kier molecular flexibility index (Phi) is 3.91. The molecule has 19 heavy (non-hydrogen) atoms. The van der Waals surface area contributed by atoms with E-state index in [1.165, 1.54) is 30.6 Å². The fourth-order valence-corrected chi connectivity index (χ4v) is 1.55. The number of carbonyl (C=O) groups is 1. The number of anilines is 2. The third-order valence-corrected chi connectivity index (χ3v) is 2.59. The predicted octanol–water partition coefficient (Wildman–Crippen LogP) is 2.56. The molecular weight excluding hydrogens is 271 g/mol. The molecule has 0 aliphatic carbocycles. The average Bonchev–Trinajstić information content (AvgIpc) is 2.43. The normalized spacial score (nSPS) is 10.1. The Morgan fingerprint density at radius 1 is 1.37 bits per heavy atom. The Hall–Kier alpha value is -2.21. The highest BCUT2D eigenvalue weighted by Gasteiger charge is 2.10. The quantitative estimate of drug-likeness (QED) is 0.907. The highest BCUT2D eigenvalue weighted by molar-refractivity contribution is 6.31. The van der Waals surface area contributed by atoms with Gasteiger partial charge in [-0.25, -0.2) is 9.37 Å². The predicted molar refractivity (Wildman–Crippen MR) is 70.9 cm³/mol. The number of nitrogens with one attached hydrogen (secondary N) is 2. The van der Waals surface area contributed by atoms with Crippen molar-refractivity contribution in [2.24, 2.45) is 0 Å². The molecule has 0 atom stereocenters. The molecule has 1 heterocycles. The van der Waals surface area contributed by atoms with Crippen LogP contribution in [0.5, 0.6) is 0 Å². The molecule has 0 aliphatic heterocycles. The third-order valence-electron chi connectivity index (χ3n) is 2.30. The van der Waals surface area contributed by atoms with E-state index < -0.39 is 11.7 Å². The van der Waals surface area contributed by atoms with Crippen LogP contribution in [0.2, 0.25) is 5.02 Å². The smallest absolute Gasteiger partial charge is 0.275 e. The van der Waals surface area contributed by atoms with Gasteiger partial charge in [-0.05, 0) is 18.2 Å². The molecule has 0 saturated heterocycles. The van der Waals surface area contributed by atoms with Crippen LogP contribution >= 0.6 is 11.6 Å². The summed E-state index contributed by atoms with van der Waals surface area (Å²) in [6, 6.07) is 3.91. The first kappa shape index (κ1) is 13.2. The fourth-order valence-electron chi connectivity index (χ4n) is 1.36. The van der Waals surface area contributed by atoms with Crippen molar-refractivity contribution in [3.05, 3.63) is 47.1 Å². The standard InChI is InChI=1S/C12H10ClFN4O/c1-15-11-6-16-5-10(18-11)12(19)17-7-2-3-9(14)8(13)4-7/h2-6H,1H3,(H,15,18)(H,17,19). The number of amides is 1. The van der Waals surface area contributed by atoms with Gasteiger partial charge in [0, 0.05) is 12.7 Å². The molecule has 1 aromatic heterocycles. The van der Waals surface area contributed by atoms with Gasteiger partial charge in [0.1, 0.15) is 17.3 Å². The maximum atomic E-state index is 13.0. The summed E-state index contributed by atoms with van der Waals surface area (Å²) in [5.41, 5.74) is 0.528. The van der Waals surface area contributed by atoms with Crippen LogP contribution in [0, 0.1) is 5.82 Å². The first-order valence-electron chi connectivity index (χ1n) is 5.36. The van der Waals surface area contributed by atoms with Crippen molar-refractivity contribution in [3.8, 4) is 0 Å². The van der Waals surface area contributed by atoms with E-state index in [0.29, 0.717) is 11.5 Å². The molecule has 2 aromatic rings. The second-order valence-electron chi connectivity index (χ2n) is 3.62. The van der Waals surface area contributed by atoms with Crippen molar-refractivity contribution in [3.63, 3.8) is 0 Å². The summed E-state index contributed by atoms with van der Waals surface area (Å²) in [6.45, 7) is 0. The van der Waals surface area contributed by atoms with Crippen LogP contribution < -0.4 is 10.6 Å². The molecule has 5 nitrogen and oxygen atoms in total. The summed E-state index contributed by atoms with van der Waals surface area (Å²) in [5.74, 6) is -0.520. The van der Waals surface area contributed by atoms with Crippen molar-refractivity contribution < 1.29 is 9.18 Å². The molecule has 0 bridgehead atoms. The van der Waals surface area contributed by atoms with Crippen molar-refractivity contribution in [2.45, 2.75) is 0 Å². The van der Waals surface area contributed by atoms with Gasteiger partial charge in [-0.15, -0.1) is 0 Å². The molecular formula is C12H10ClFN4O. The minimum absolute atomic E-state index is 0.0622. The molecule has 2 N–H and O–H groups in total. The van der Waals surface area contributed by atoms with Gasteiger partial charge < -0.3 is 10.6 Å². The van der Waals surface area contributed by atoms with E-state index in [2.05, 4.69) is 20.6 Å². The highest BCUT2D eigenvalue weighted by Crippen LogP contribution is 2.19. The monoisotopic (exact) mass is 280 g/mol. The van der Waals surface area contributed by atoms with Crippen molar-refractivity contribution in [1.82, 2.24) is 9.97 Å². The van der Waals surface area contributed by atoms with Crippen LogP contribution in [-0.2, 0) is 0 Å². The van der Waals surface area contributed by atoms with Crippen LogP contribution in [0.1, 0.15) is 10.5 Å². The number of benzene rings is 1. The van der Waals surface area contributed by atoms with E-state index >= 15 is 0 Å². The number of halogens is 2. The zero-order valence-electron chi connectivity index (χ0n) is 9.95. The Morgan fingerprint density at radius 3 is 2.84 bits per heavy atom. The third kappa shape index (κ3) is 3.17. The van der Waals surface area contributed by atoms with Crippen molar-refractivity contribution in [2.75, 3.05) is 17.7 Å². The topological polar surface area (TPSA) is 66.9 Å². The first-order chi connectivity index (χ1) is 9.10. The van der Waals surface area contributed by atoms with Crippen LogP contribution in [0.4, 0.5) is 15.9 Å². The number of rotatable bonds is 3. The summed E-state index contributed by atoms with van der Waals surface area (Å²) in [5, 5.41) is 5.27. The van der Waals surface area contributed by atoms with Gasteiger partial charge in [-0.2, -0.15) is 0 Å². The largest absolute Gasteiger partial charge is 0.372 e. The van der Waals surface area contributed by atoms with Crippen LogP contribution in [0.25, 0.3) is 0 Å². The van der Waals surface area contributed by atoms with Gasteiger partial charge in [-0.1, -0.05) is 11.6 Å². The molecule has 0 fully saturated rings. The molecule has 0 spiro atoms. The number of aromatic nitrogens is 2. The minimum atomic E-state index is -0.545. The summed E-state index contributed by atoms with van der Waals surface area (Å²) in [4.78, 5) is 19.8. The summed E-state index contributed by atoms with van der Waals surface area (Å²) >= 11 is 5.63. The van der Waals surface area contributed by atoms with Gasteiger partial charge in [-0.3, -0.25) is 9.78 Å². The zero-order valence-corrected chi connectivity index (χ0v) is 10.7. The Labute approximate surface area is 113 Å². The lowest BCUT2D eigenvalue weighted by Crippen LogP contribution is -2.14. The maximum Gasteiger partial charge on any atom is 0.275 e. The maximum absolute atomic E-state index is 13.0. The lowest BCUT2D eigenvalue weighted by atomic mass is 10.3. The second-order valence-corrected chi connectivity index (χ2v) is 4.03. The molecule has 1 amide bonds. The lowest BCUT2D eigenvalue weighted by Gasteiger charge is -2.06. The van der Waals surface area contributed by atoms with Crippen LogP contribution in [-0.4, -0.2) is 22.9 Å². The highest BCUT2D eigenvalue weighted by atomic mass is 35.5. The lowest BCUT2D eigenvalue weighted by molar-refractivity contribution is 0.102. The number of hydrogen-bond acceptors (Lipinski definition) is 4. The van der Waals surface area contributed by atoms with Gasteiger partial charge in [0.15, 0.2) is 0 Å². The first-order valence-corrected chi connectivity index (χ1v) is 5.74. The average molecular weight is 281 g/mol. The summed E-state index contributed by atoms with van der Waals surface area (Å²) in [7, 11) is 1.67. The van der Waals surface area contributed by atoms with E-state index in [1.807, 2.05) is 0 Å². The number of nitrogens with zero attached hydrogens (tertiary/aromatic N) is 2. The van der Waals surface area contributed by atoms with Gasteiger partial charge in [0.2, 0.25) is 0 Å². The van der Waals surface area contributed by atoms with E-state index in [-0.39, 0.29) is 10.7 Å². The van der Waals surface area contributed by atoms with E-state index in [1.54, 1.807) is 7.05 Å². The van der Waals surface area contributed by atoms with E-state index in [0.717, 1.165) is 0 Å². The van der Waals surface area contributed by atoms with Crippen molar-refractivity contribution in [1.29, 1.82) is 0 Å².